The van der Waals surface area contributed by atoms with E-state index in [-0.39, 0.29) is 42.0 Å². The largest absolute Gasteiger partial charge is 0.361 e. The fraction of sp³-hybridized carbons (Fsp3) is 0.429. The zero-order valence-corrected chi connectivity index (χ0v) is 22.0. The highest BCUT2D eigenvalue weighted by Crippen LogP contribution is 2.35. The lowest BCUT2D eigenvalue weighted by molar-refractivity contribution is -0.117. The van der Waals surface area contributed by atoms with Crippen LogP contribution in [0.5, 0.6) is 0 Å². The van der Waals surface area contributed by atoms with Crippen molar-refractivity contribution in [3.63, 3.8) is 0 Å². The number of anilines is 3. The molecule has 2 aliphatic rings. The van der Waals surface area contributed by atoms with Crippen molar-refractivity contribution in [3.05, 3.63) is 59.4 Å². The number of likely N-dealkylation sites (N-methyl/N-ethyl adjacent to an activating group) is 1. The van der Waals surface area contributed by atoms with Gasteiger partial charge in [0.15, 0.2) is 11.6 Å². The third-order valence-electron chi connectivity index (χ3n) is 7.23. The van der Waals surface area contributed by atoms with Crippen molar-refractivity contribution in [1.29, 1.82) is 0 Å². The molecule has 10 heteroatoms. The number of ketones is 1. The van der Waals surface area contributed by atoms with Crippen LogP contribution in [-0.2, 0) is 17.8 Å². The van der Waals surface area contributed by atoms with Crippen molar-refractivity contribution in [2.75, 3.05) is 49.5 Å². The molecule has 0 spiro atoms. The van der Waals surface area contributed by atoms with Gasteiger partial charge in [0.05, 0.1) is 12.7 Å². The summed E-state index contributed by atoms with van der Waals surface area (Å²) >= 11 is 0. The number of fused-ring (bicyclic) bond motifs is 1. The number of hydrogen-bond donors (Lipinski definition) is 1. The van der Waals surface area contributed by atoms with Gasteiger partial charge in [0.2, 0.25) is 5.95 Å². The van der Waals surface area contributed by atoms with E-state index in [0.29, 0.717) is 17.1 Å². The Labute approximate surface area is 221 Å². The van der Waals surface area contributed by atoms with Gasteiger partial charge in [0, 0.05) is 68.2 Å². The summed E-state index contributed by atoms with van der Waals surface area (Å²) in [6.45, 7) is 12.4. The van der Waals surface area contributed by atoms with E-state index >= 15 is 4.39 Å². The fourth-order valence-electron chi connectivity index (χ4n) is 5.04. The van der Waals surface area contributed by atoms with Gasteiger partial charge in [-0.2, -0.15) is 0 Å². The third-order valence-corrected chi connectivity index (χ3v) is 7.23. The number of rotatable bonds is 7. The first-order valence-electron chi connectivity index (χ1n) is 13.1. The lowest BCUT2D eigenvalue weighted by Crippen LogP contribution is -2.45. The molecule has 0 amide bonds. The number of hydrogen-bond acceptors (Lipinski definition) is 8. The maximum Gasteiger partial charge on any atom is 0.229 e. The monoisotopic (exact) mass is 521 g/mol. The summed E-state index contributed by atoms with van der Waals surface area (Å²) in [4.78, 5) is 31.7. The molecule has 200 valence electrons. The van der Waals surface area contributed by atoms with Gasteiger partial charge in [-0.15, -0.1) is 0 Å². The van der Waals surface area contributed by atoms with E-state index in [9.17, 15) is 9.18 Å². The van der Waals surface area contributed by atoms with Gasteiger partial charge in [-0.05, 0) is 44.2 Å². The Balaban J connectivity index is 1.33. The predicted octanol–water partition coefficient (Wildman–Crippen LogP) is 4.04. The highest BCUT2D eigenvalue weighted by molar-refractivity contribution is 5.91. The maximum absolute atomic E-state index is 15.1. The van der Waals surface area contributed by atoms with E-state index in [4.69, 9.17) is 0 Å². The van der Waals surface area contributed by atoms with Crippen LogP contribution in [0.15, 0.2) is 36.7 Å². The van der Waals surface area contributed by atoms with Gasteiger partial charge in [0.1, 0.15) is 17.3 Å². The van der Waals surface area contributed by atoms with Crippen molar-refractivity contribution in [1.82, 2.24) is 24.8 Å². The van der Waals surface area contributed by atoms with E-state index in [0.717, 1.165) is 51.0 Å². The lowest BCUT2D eigenvalue weighted by atomic mass is 9.96. The second-order valence-electron chi connectivity index (χ2n) is 10.2. The highest BCUT2D eigenvalue weighted by atomic mass is 19.1. The zero-order valence-electron chi connectivity index (χ0n) is 22.0. The van der Waals surface area contributed by atoms with Gasteiger partial charge in [0.25, 0.3) is 0 Å². The van der Waals surface area contributed by atoms with Crippen LogP contribution in [0.4, 0.5) is 26.2 Å². The van der Waals surface area contributed by atoms with Crippen molar-refractivity contribution in [3.8, 4) is 11.3 Å². The van der Waals surface area contributed by atoms with Crippen molar-refractivity contribution in [2.24, 2.45) is 0 Å². The number of benzene rings is 1. The van der Waals surface area contributed by atoms with E-state index in [2.05, 4.69) is 37.0 Å². The minimum atomic E-state index is -0.663. The molecule has 4 heterocycles. The van der Waals surface area contributed by atoms with E-state index in [1.54, 1.807) is 6.07 Å². The molecule has 5 rings (SSSR count). The highest BCUT2D eigenvalue weighted by Gasteiger charge is 2.28. The van der Waals surface area contributed by atoms with E-state index < -0.39 is 11.6 Å². The molecule has 1 N–H and O–H groups in total. The number of carbonyl (C=O) groups is 1. The van der Waals surface area contributed by atoms with Crippen LogP contribution in [0.25, 0.3) is 11.3 Å². The quantitative estimate of drug-likeness (QED) is 0.499. The first-order valence-corrected chi connectivity index (χ1v) is 13.1. The minimum absolute atomic E-state index is 0.0184. The molecule has 2 aromatic heterocycles. The van der Waals surface area contributed by atoms with Gasteiger partial charge >= 0.3 is 0 Å². The second-order valence-corrected chi connectivity index (χ2v) is 10.2. The number of Topliss-reactive ketones (excluding diaryl/α,β-unsaturated/α-hetero) is 1. The number of nitrogens with one attached hydrogen (secondary N) is 1. The van der Waals surface area contributed by atoms with Gasteiger partial charge in [-0.1, -0.05) is 13.0 Å². The predicted molar refractivity (Wildman–Crippen MR) is 143 cm³/mol. The smallest absolute Gasteiger partial charge is 0.229 e. The average Bonchev–Trinajstić information content (AvgIpc) is 2.91. The Morgan fingerprint density at radius 1 is 1.00 bits per heavy atom. The molecule has 3 aromatic rings. The maximum atomic E-state index is 15.1. The molecule has 38 heavy (non-hydrogen) atoms. The van der Waals surface area contributed by atoms with Crippen molar-refractivity contribution < 1.29 is 13.6 Å². The molecule has 0 unspecified atom stereocenters. The number of halogens is 2. The molecule has 0 aliphatic carbocycles. The molecule has 0 bridgehead atoms. The van der Waals surface area contributed by atoms with Crippen LogP contribution < -0.4 is 10.2 Å². The summed E-state index contributed by atoms with van der Waals surface area (Å²) in [7, 11) is 0. The molecule has 0 radical (unpaired) electrons. The second kappa shape index (κ2) is 11.1. The van der Waals surface area contributed by atoms with Crippen molar-refractivity contribution >= 4 is 23.2 Å². The Morgan fingerprint density at radius 3 is 2.45 bits per heavy atom. The zero-order chi connectivity index (χ0) is 26.8. The molecular formula is C28H33F2N7O. The number of piperazine rings is 1. The molecular weight excluding hydrogens is 488 g/mol. The lowest BCUT2D eigenvalue weighted by Gasteiger charge is -2.34. The van der Waals surface area contributed by atoms with Crippen molar-refractivity contribution in [2.45, 2.75) is 39.8 Å². The van der Waals surface area contributed by atoms with Crippen LogP contribution in [0.1, 0.15) is 31.9 Å². The summed E-state index contributed by atoms with van der Waals surface area (Å²) in [6, 6.07) is 6.77. The number of aromatic nitrogens is 3. The summed E-state index contributed by atoms with van der Waals surface area (Å²) in [6.07, 6.45) is 2.91. The molecule has 1 saturated heterocycles. The SMILES string of the molecule is CCN1CCN(Cc2ccc(Nc3ncc(F)c(-c4cc(F)c5c(c4)N(C(C)C)CC(=O)C5)n3)nc2)CC1. The van der Waals surface area contributed by atoms with Crippen LogP contribution in [-0.4, -0.2) is 75.8 Å². The Bertz CT molecular complexity index is 1310. The van der Waals surface area contributed by atoms with Crippen LogP contribution in [0.3, 0.4) is 0 Å². The summed E-state index contributed by atoms with van der Waals surface area (Å²) in [5, 5.41) is 3.03. The fourth-order valence-corrected chi connectivity index (χ4v) is 5.04. The van der Waals surface area contributed by atoms with Crippen LogP contribution in [0, 0.1) is 11.6 Å². The number of carbonyl (C=O) groups excluding carboxylic acids is 1. The van der Waals surface area contributed by atoms with Gasteiger partial charge in [-0.25, -0.2) is 23.7 Å². The molecule has 1 aromatic carbocycles. The summed E-state index contributed by atoms with van der Waals surface area (Å²) < 4.78 is 29.9. The van der Waals surface area contributed by atoms with E-state index in [1.807, 2.05) is 37.1 Å². The molecule has 1 fully saturated rings. The Hall–Kier alpha value is -3.50. The molecule has 0 atom stereocenters. The molecule has 8 nitrogen and oxygen atoms in total. The number of pyridine rings is 1. The summed E-state index contributed by atoms with van der Waals surface area (Å²) in [5.74, 6) is -0.564. The first kappa shape index (κ1) is 26.1. The normalized spacial score (nSPS) is 16.7. The van der Waals surface area contributed by atoms with Gasteiger partial charge < -0.3 is 15.1 Å². The standard InChI is InChI=1S/C28H33F2N7O/c1-4-35-7-9-36(10-8-35)16-19-5-6-26(31-14-19)33-28-32-15-24(30)27(34-28)20-11-23(29)22-13-21(38)17-37(18(2)3)25(22)12-20/h5-6,11-12,14-15,18H,4,7-10,13,16-17H2,1-3H3,(H,31,32,33,34). The van der Waals surface area contributed by atoms with E-state index in [1.165, 1.54) is 6.07 Å². The number of nitrogens with zero attached hydrogens (tertiary/aromatic N) is 6. The Kier molecular flexibility index (Phi) is 7.62. The topological polar surface area (TPSA) is 77.5 Å². The Morgan fingerprint density at radius 2 is 1.76 bits per heavy atom. The molecule has 2 aliphatic heterocycles. The third kappa shape index (κ3) is 5.66. The van der Waals surface area contributed by atoms with Gasteiger partial charge in [-0.3, -0.25) is 9.69 Å². The average molecular weight is 522 g/mol. The van der Waals surface area contributed by atoms with Crippen LogP contribution >= 0.6 is 0 Å². The van der Waals surface area contributed by atoms with Crippen LogP contribution in [0.2, 0.25) is 0 Å². The summed E-state index contributed by atoms with van der Waals surface area (Å²) in [5.41, 5.74) is 2.31. The minimum Gasteiger partial charge on any atom is -0.361 e. The molecule has 0 saturated carbocycles. The first-order chi connectivity index (χ1) is 18.3.